The number of esters is 1. The summed E-state index contributed by atoms with van der Waals surface area (Å²) in [5.41, 5.74) is 0.925. The topological polar surface area (TPSA) is 117 Å². The van der Waals surface area contributed by atoms with Crippen molar-refractivity contribution in [2.24, 2.45) is 11.8 Å². The molecule has 4 amide bonds. The number of carbonyl (C=O) groups is 4. The predicted octanol–water partition coefficient (Wildman–Crippen LogP) is 2.39. The van der Waals surface area contributed by atoms with Gasteiger partial charge in [0.25, 0.3) is 0 Å². The largest absolute Gasteiger partial charge is 0.462 e. The Morgan fingerprint density at radius 2 is 1.84 bits per heavy atom. The monoisotopic (exact) mass is 446 g/mol. The molecule has 0 aliphatic carbocycles. The van der Waals surface area contributed by atoms with Crippen LogP contribution in [-0.2, 0) is 14.3 Å². The van der Waals surface area contributed by atoms with Crippen LogP contribution in [0, 0.1) is 11.8 Å². The highest BCUT2D eigenvalue weighted by Crippen LogP contribution is 2.29. The molecule has 1 aliphatic rings. The summed E-state index contributed by atoms with van der Waals surface area (Å²) in [5.74, 6) is -0.153. The fourth-order valence-electron chi connectivity index (χ4n) is 3.89. The van der Waals surface area contributed by atoms with Crippen molar-refractivity contribution in [3.63, 3.8) is 0 Å². The molecule has 9 heteroatoms. The van der Waals surface area contributed by atoms with Crippen LogP contribution in [0.25, 0.3) is 0 Å². The molecule has 1 heterocycles. The molecule has 0 radical (unpaired) electrons. The van der Waals surface area contributed by atoms with E-state index in [1.807, 2.05) is 0 Å². The van der Waals surface area contributed by atoms with Gasteiger partial charge in [-0.25, -0.2) is 9.59 Å². The number of hydrogen-bond acceptors (Lipinski definition) is 5. The van der Waals surface area contributed by atoms with Gasteiger partial charge in [0.05, 0.1) is 12.2 Å². The van der Waals surface area contributed by atoms with Crippen LogP contribution in [0.15, 0.2) is 24.3 Å². The number of amides is 4. The van der Waals surface area contributed by atoms with E-state index in [0.717, 1.165) is 12.8 Å². The average Bonchev–Trinajstić information content (AvgIpc) is 2.77. The Balaban J connectivity index is 1.86. The van der Waals surface area contributed by atoms with Gasteiger partial charge in [0.2, 0.25) is 11.8 Å². The molecular weight excluding hydrogens is 412 g/mol. The molecule has 0 unspecified atom stereocenters. The van der Waals surface area contributed by atoms with Crippen molar-refractivity contribution in [3.8, 4) is 0 Å². The van der Waals surface area contributed by atoms with Crippen LogP contribution >= 0.6 is 0 Å². The summed E-state index contributed by atoms with van der Waals surface area (Å²) in [6, 6.07) is 6.46. The van der Waals surface area contributed by atoms with Gasteiger partial charge < -0.3 is 25.6 Å². The van der Waals surface area contributed by atoms with Crippen LogP contribution in [-0.4, -0.2) is 61.5 Å². The second-order valence-electron chi connectivity index (χ2n) is 7.93. The van der Waals surface area contributed by atoms with Gasteiger partial charge in [-0.1, -0.05) is 19.4 Å². The molecule has 2 atom stereocenters. The molecule has 0 spiro atoms. The van der Waals surface area contributed by atoms with Crippen LogP contribution in [0.4, 0.5) is 10.5 Å². The number of anilines is 1. The van der Waals surface area contributed by atoms with E-state index in [2.05, 4.69) is 22.9 Å². The van der Waals surface area contributed by atoms with E-state index in [1.165, 1.54) is 6.92 Å². The number of rotatable bonds is 9. The normalized spacial score (nSPS) is 17.9. The molecule has 3 N–H and O–H groups in total. The lowest BCUT2D eigenvalue weighted by Gasteiger charge is -2.38. The average molecular weight is 447 g/mol. The van der Waals surface area contributed by atoms with Gasteiger partial charge in [0.15, 0.2) is 0 Å². The summed E-state index contributed by atoms with van der Waals surface area (Å²) >= 11 is 0. The zero-order valence-electron chi connectivity index (χ0n) is 19.1. The third kappa shape index (κ3) is 7.86. The first-order valence-electron chi connectivity index (χ1n) is 11.2. The van der Waals surface area contributed by atoms with Crippen LogP contribution < -0.4 is 16.0 Å². The van der Waals surface area contributed by atoms with Gasteiger partial charge in [-0.3, -0.25) is 9.59 Å². The minimum Gasteiger partial charge on any atom is -0.462 e. The van der Waals surface area contributed by atoms with E-state index >= 15 is 0 Å². The molecule has 0 bridgehead atoms. The molecule has 1 fully saturated rings. The molecule has 0 aromatic heterocycles. The van der Waals surface area contributed by atoms with Gasteiger partial charge in [0, 0.05) is 45.2 Å². The van der Waals surface area contributed by atoms with Crippen molar-refractivity contribution in [1.82, 2.24) is 15.5 Å². The Labute approximate surface area is 189 Å². The quantitative estimate of drug-likeness (QED) is 0.398. The number of urea groups is 1. The molecule has 1 saturated heterocycles. The minimum atomic E-state index is -0.425. The third-order valence-electron chi connectivity index (χ3n) is 5.60. The van der Waals surface area contributed by atoms with E-state index in [1.54, 1.807) is 36.1 Å². The van der Waals surface area contributed by atoms with E-state index in [4.69, 9.17) is 4.74 Å². The van der Waals surface area contributed by atoms with Crippen LogP contribution in [0.1, 0.15) is 50.4 Å². The second kappa shape index (κ2) is 12.7. The van der Waals surface area contributed by atoms with Gasteiger partial charge in [-0.15, -0.1) is 0 Å². The Morgan fingerprint density at radius 1 is 1.09 bits per heavy atom. The molecule has 32 heavy (non-hydrogen) atoms. The SMILES string of the molecule is CCOC(=O)c1cccc(NC(=O)N2CC[C@@H](CC(=O)NCCNC(C)=O)[C@H](CC)C2)c1. The lowest BCUT2D eigenvalue weighted by Crippen LogP contribution is -2.46. The lowest BCUT2D eigenvalue weighted by atomic mass is 9.81. The Bertz CT molecular complexity index is 813. The van der Waals surface area contributed by atoms with E-state index < -0.39 is 5.97 Å². The van der Waals surface area contributed by atoms with E-state index in [0.29, 0.717) is 43.9 Å². The van der Waals surface area contributed by atoms with Gasteiger partial charge >= 0.3 is 12.0 Å². The van der Waals surface area contributed by atoms with Crippen molar-refractivity contribution in [1.29, 1.82) is 0 Å². The number of likely N-dealkylation sites (tertiary alicyclic amines) is 1. The van der Waals surface area contributed by atoms with Crippen molar-refractivity contribution in [3.05, 3.63) is 29.8 Å². The standard InChI is InChI=1S/C23H34N4O5/c1-4-17-15-27(12-9-18(17)14-21(29)25-11-10-24-16(3)28)23(31)26-20-8-6-7-19(13-20)22(30)32-5-2/h6-8,13,17-18H,4-5,9-12,14-15H2,1-3H3,(H,24,28)(H,25,29)(H,26,31)/t17-,18+/m1/s1. The lowest BCUT2D eigenvalue weighted by molar-refractivity contribution is -0.123. The summed E-state index contributed by atoms with van der Waals surface area (Å²) in [5, 5.41) is 8.34. The zero-order valence-corrected chi connectivity index (χ0v) is 19.1. The number of nitrogens with zero attached hydrogens (tertiary/aromatic N) is 1. The fourth-order valence-corrected chi connectivity index (χ4v) is 3.89. The van der Waals surface area contributed by atoms with Gasteiger partial charge in [-0.2, -0.15) is 0 Å². The highest BCUT2D eigenvalue weighted by Gasteiger charge is 2.31. The maximum Gasteiger partial charge on any atom is 0.338 e. The minimum absolute atomic E-state index is 0.0347. The smallest absolute Gasteiger partial charge is 0.338 e. The van der Waals surface area contributed by atoms with Crippen molar-refractivity contribution >= 4 is 29.5 Å². The van der Waals surface area contributed by atoms with E-state index in [9.17, 15) is 19.2 Å². The molecular formula is C23H34N4O5. The Kier molecular flexibility index (Phi) is 9.97. The maximum absolute atomic E-state index is 12.8. The summed E-state index contributed by atoms with van der Waals surface area (Å²) in [4.78, 5) is 49.6. The number of carbonyl (C=O) groups excluding carboxylic acids is 4. The zero-order chi connectivity index (χ0) is 23.5. The van der Waals surface area contributed by atoms with Crippen molar-refractivity contribution in [2.75, 3.05) is 38.1 Å². The van der Waals surface area contributed by atoms with Crippen molar-refractivity contribution in [2.45, 2.75) is 40.0 Å². The molecule has 9 nitrogen and oxygen atoms in total. The number of piperidine rings is 1. The number of benzene rings is 1. The third-order valence-corrected chi connectivity index (χ3v) is 5.60. The molecule has 1 aliphatic heterocycles. The number of nitrogens with one attached hydrogen (secondary N) is 3. The maximum atomic E-state index is 12.8. The number of ether oxygens (including phenoxy) is 1. The molecule has 2 rings (SSSR count). The highest BCUT2D eigenvalue weighted by atomic mass is 16.5. The fraction of sp³-hybridized carbons (Fsp3) is 0.565. The van der Waals surface area contributed by atoms with Crippen LogP contribution in [0.5, 0.6) is 0 Å². The Hall–Kier alpha value is -3.10. The summed E-state index contributed by atoms with van der Waals surface area (Å²) in [6.07, 6.45) is 2.02. The first-order valence-corrected chi connectivity index (χ1v) is 11.2. The van der Waals surface area contributed by atoms with Gasteiger partial charge in [0.1, 0.15) is 0 Å². The van der Waals surface area contributed by atoms with Gasteiger partial charge in [-0.05, 0) is 43.4 Å². The van der Waals surface area contributed by atoms with Crippen molar-refractivity contribution < 1.29 is 23.9 Å². The van der Waals surface area contributed by atoms with Crippen LogP contribution in [0.3, 0.4) is 0 Å². The molecule has 0 saturated carbocycles. The van der Waals surface area contributed by atoms with E-state index in [-0.39, 0.29) is 36.3 Å². The Morgan fingerprint density at radius 3 is 2.53 bits per heavy atom. The molecule has 1 aromatic carbocycles. The second-order valence-corrected chi connectivity index (χ2v) is 7.93. The summed E-state index contributed by atoms with van der Waals surface area (Å²) in [6.45, 7) is 7.48. The van der Waals surface area contributed by atoms with Crippen LogP contribution in [0.2, 0.25) is 0 Å². The summed E-state index contributed by atoms with van der Waals surface area (Å²) in [7, 11) is 0. The summed E-state index contributed by atoms with van der Waals surface area (Å²) < 4.78 is 5.00. The first kappa shape index (κ1) is 25.2. The molecule has 1 aromatic rings. The highest BCUT2D eigenvalue weighted by molar-refractivity contribution is 5.94. The predicted molar refractivity (Wildman–Crippen MR) is 121 cm³/mol. The number of hydrogen-bond donors (Lipinski definition) is 3. The first-order chi connectivity index (χ1) is 15.3. The molecule has 176 valence electrons.